The number of carbonyl (C=O) groups is 2. The number of nitrogens with two attached hydrogens (primary N) is 1. The molecule has 0 saturated heterocycles. The van der Waals surface area contributed by atoms with Crippen molar-refractivity contribution < 1.29 is 27.5 Å². The summed E-state index contributed by atoms with van der Waals surface area (Å²) in [6.07, 6.45) is 0. The number of benzene rings is 1. The molecule has 2 rings (SSSR count). The zero-order chi connectivity index (χ0) is 20.7. The first-order valence-corrected chi connectivity index (χ1v) is 10.9. The summed E-state index contributed by atoms with van der Waals surface area (Å²) < 4.78 is 33.0. The van der Waals surface area contributed by atoms with Crippen LogP contribution in [0.2, 0.25) is 0 Å². The van der Waals surface area contributed by atoms with Gasteiger partial charge in [-0.3, -0.25) is 4.79 Å². The molecule has 1 amide bonds. The van der Waals surface area contributed by atoms with Crippen LogP contribution in [0.15, 0.2) is 46.7 Å². The van der Waals surface area contributed by atoms with Crippen LogP contribution in [0.1, 0.15) is 23.5 Å². The molecule has 2 aromatic rings. The Morgan fingerprint density at radius 1 is 1.14 bits per heavy atom. The second-order valence-corrected chi connectivity index (χ2v) is 8.71. The Bertz CT molecular complexity index is 893. The lowest BCUT2D eigenvalue weighted by Crippen LogP contribution is -2.45. The van der Waals surface area contributed by atoms with E-state index in [9.17, 15) is 18.0 Å². The lowest BCUT2D eigenvalue weighted by atomic mass is 10.0. The summed E-state index contributed by atoms with van der Waals surface area (Å²) in [5, 5.41) is 9.49. The number of carbonyl (C=O) groups excluding carboxylic acids is 2. The summed E-state index contributed by atoms with van der Waals surface area (Å²) in [5.74, 6) is -0.608. The van der Waals surface area contributed by atoms with E-state index in [1.807, 2.05) is 13.8 Å². The molecule has 152 valence electrons. The van der Waals surface area contributed by atoms with E-state index in [4.69, 9.17) is 14.6 Å². The molecule has 0 fully saturated rings. The standard InChI is InChI=1S/C18H22N2O6S2/c1-12(2)16(20-17(21)15-4-3-11-27-15)18(22)26-10-9-25-13-5-7-14(8-6-13)28(19,23)24/h3-8,11-12,16H,9-10H2,1-2H3,(H,20,21)(H2,19,23,24). The van der Waals surface area contributed by atoms with Crippen LogP contribution >= 0.6 is 11.3 Å². The molecular formula is C18H22N2O6S2. The molecule has 10 heteroatoms. The van der Waals surface area contributed by atoms with Crippen molar-refractivity contribution in [3.63, 3.8) is 0 Å². The first kappa shape index (κ1) is 21.9. The van der Waals surface area contributed by atoms with Crippen molar-refractivity contribution in [3.05, 3.63) is 46.7 Å². The molecule has 0 spiro atoms. The zero-order valence-electron chi connectivity index (χ0n) is 15.5. The highest BCUT2D eigenvalue weighted by Gasteiger charge is 2.26. The van der Waals surface area contributed by atoms with Gasteiger partial charge in [0.1, 0.15) is 25.0 Å². The van der Waals surface area contributed by atoms with Gasteiger partial charge in [0, 0.05) is 0 Å². The lowest BCUT2D eigenvalue weighted by Gasteiger charge is -2.20. The van der Waals surface area contributed by atoms with Crippen molar-refractivity contribution in [2.45, 2.75) is 24.8 Å². The van der Waals surface area contributed by atoms with Crippen molar-refractivity contribution in [3.8, 4) is 5.75 Å². The molecular weight excluding hydrogens is 404 g/mol. The topological polar surface area (TPSA) is 125 Å². The second-order valence-electron chi connectivity index (χ2n) is 6.20. The summed E-state index contributed by atoms with van der Waals surface area (Å²) in [6.45, 7) is 3.67. The van der Waals surface area contributed by atoms with Crippen LogP contribution in [0.3, 0.4) is 0 Å². The van der Waals surface area contributed by atoms with Gasteiger partial charge in [0.2, 0.25) is 10.0 Å². The predicted octanol–water partition coefficient (Wildman–Crippen LogP) is 1.77. The Balaban J connectivity index is 1.81. The normalized spacial score (nSPS) is 12.4. The number of hydrogen-bond acceptors (Lipinski definition) is 7. The molecule has 1 unspecified atom stereocenters. The van der Waals surface area contributed by atoms with Crippen molar-refractivity contribution in [1.29, 1.82) is 0 Å². The third-order valence-electron chi connectivity index (χ3n) is 3.70. The van der Waals surface area contributed by atoms with Crippen LogP contribution in [-0.2, 0) is 19.6 Å². The maximum Gasteiger partial charge on any atom is 0.329 e. The highest BCUT2D eigenvalue weighted by molar-refractivity contribution is 7.89. The van der Waals surface area contributed by atoms with E-state index in [1.54, 1.807) is 17.5 Å². The fourth-order valence-electron chi connectivity index (χ4n) is 2.23. The lowest BCUT2D eigenvalue weighted by molar-refractivity contribution is -0.147. The van der Waals surface area contributed by atoms with Gasteiger partial charge < -0.3 is 14.8 Å². The van der Waals surface area contributed by atoms with Gasteiger partial charge in [-0.05, 0) is 41.6 Å². The Hall–Kier alpha value is -2.43. The highest BCUT2D eigenvalue weighted by Crippen LogP contribution is 2.15. The van der Waals surface area contributed by atoms with Crippen LogP contribution in [0.25, 0.3) is 0 Å². The van der Waals surface area contributed by atoms with E-state index in [2.05, 4.69) is 5.32 Å². The second kappa shape index (κ2) is 9.67. The Kier molecular flexibility index (Phi) is 7.55. The molecule has 0 radical (unpaired) electrons. The van der Waals surface area contributed by atoms with Crippen LogP contribution < -0.4 is 15.2 Å². The average Bonchev–Trinajstić information content (AvgIpc) is 3.17. The monoisotopic (exact) mass is 426 g/mol. The fourth-order valence-corrected chi connectivity index (χ4v) is 3.38. The van der Waals surface area contributed by atoms with Crippen molar-refractivity contribution in [2.24, 2.45) is 11.1 Å². The smallest absolute Gasteiger partial charge is 0.329 e. The maximum atomic E-state index is 12.3. The molecule has 0 saturated carbocycles. The third-order valence-corrected chi connectivity index (χ3v) is 5.50. The number of thiophene rings is 1. The Morgan fingerprint density at radius 3 is 2.36 bits per heavy atom. The number of amides is 1. The van der Waals surface area contributed by atoms with Crippen LogP contribution in [0.5, 0.6) is 5.75 Å². The van der Waals surface area contributed by atoms with Crippen molar-refractivity contribution in [2.75, 3.05) is 13.2 Å². The third kappa shape index (κ3) is 6.32. The molecule has 1 aromatic carbocycles. The van der Waals surface area contributed by atoms with Gasteiger partial charge >= 0.3 is 5.97 Å². The Morgan fingerprint density at radius 2 is 1.82 bits per heavy atom. The molecule has 1 heterocycles. The molecule has 0 aliphatic rings. The summed E-state index contributed by atoms with van der Waals surface area (Å²) in [7, 11) is -3.76. The van der Waals surface area contributed by atoms with Gasteiger partial charge in [-0.1, -0.05) is 19.9 Å². The minimum atomic E-state index is -3.76. The molecule has 0 bridgehead atoms. The molecule has 1 aromatic heterocycles. The molecule has 1 atom stereocenters. The number of sulfonamides is 1. The average molecular weight is 427 g/mol. The minimum Gasteiger partial charge on any atom is -0.490 e. The van der Waals surface area contributed by atoms with Gasteiger partial charge in [0.25, 0.3) is 5.91 Å². The Labute approximate surface area is 167 Å². The highest BCUT2D eigenvalue weighted by atomic mass is 32.2. The SMILES string of the molecule is CC(C)C(NC(=O)c1cccs1)C(=O)OCCOc1ccc(S(N)(=O)=O)cc1. The largest absolute Gasteiger partial charge is 0.490 e. The van der Waals surface area contributed by atoms with Crippen LogP contribution in [0, 0.1) is 5.92 Å². The van der Waals surface area contributed by atoms with E-state index < -0.39 is 22.0 Å². The zero-order valence-corrected chi connectivity index (χ0v) is 17.1. The van der Waals surface area contributed by atoms with Gasteiger partial charge in [-0.25, -0.2) is 18.4 Å². The summed E-state index contributed by atoms with van der Waals surface area (Å²) >= 11 is 1.29. The van der Waals surface area contributed by atoms with Crippen molar-refractivity contribution in [1.82, 2.24) is 5.32 Å². The maximum absolute atomic E-state index is 12.3. The molecule has 28 heavy (non-hydrogen) atoms. The van der Waals surface area contributed by atoms with E-state index >= 15 is 0 Å². The van der Waals surface area contributed by atoms with Crippen LogP contribution in [-0.4, -0.2) is 39.5 Å². The fraction of sp³-hybridized carbons (Fsp3) is 0.333. The van der Waals surface area contributed by atoms with Gasteiger partial charge in [-0.15, -0.1) is 11.3 Å². The number of nitrogens with one attached hydrogen (secondary N) is 1. The van der Waals surface area contributed by atoms with Gasteiger partial charge in [0.15, 0.2) is 0 Å². The molecule has 8 nitrogen and oxygen atoms in total. The van der Waals surface area contributed by atoms with E-state index in [0.29, 0.717) is 10.6 Å². The number of rotatable bonds is 9. The van der Waals surface area contributed by atoms with Gasteiger partial charge in [0.05, 0.1) is 9.77 Å². The number of esters is 1. The minimum absolute atomic E-state index is 0.0200. The first-order valence-electron chi connectivity index (χ1n) is 8.45. The van der Waals surface area contributed by atoms with Gasteiger partial charge in [-0.2, -0.15) is 0 Å². The number of primary sulfonamides is 1. The quantitative estimate of drug-likeness (QED) is 0.465. The molecule has 3 N–H and O–H groups in total. The molecule has 0 aliphatic carbocycles. The summed E-state index contributed by atoms with van der Waals surface area (Å²) in [5.41, 5.74) is 0. The number of ether oxygens (including phenoxy) is 2. The first-order chi connectivity index (χ1) is 13.2. The molecule has 0 aliphatic heterocycles. The summed E-state index contributed by atoms with van der Waals surface area (Å²) in [4.78, 5) is 24.9. The van der Waals surface area contributed by atoms with Crippen LogP contribution in [0.4, 0.5) is 0 Å². The van der Waals surface area contributed by atoms with Crippen molar-refractivity contribution >= 4 is 33.2 Å². The number of hydrogen-bond donors (Lipinski definition) is 2. The summed E-state index contributed by atoms with van der Waals surface area (Å²) in [6, 6.07) is 8.23. The predicted molar refractivity (Wildman–Crippen MR) is 105 cm³/mol. The van der Waals surface area contributed by atoms with E-state index in [-0.39, 0.29) is 29.9 Å². The van der Waals surface area contributed by atoms with E-state index in [0.717, 1.165) is 0 Å². The van der Waals surface area contributed by atoms with E-state index in [1.165, 1.54) is 35.6 Å².